The summed E-state index contributed by atoms with van der Waals surface area (Å²) in [5.74, 6) is -2.21. The monoisotopic (exact) mass is 517 g/mol. The standard InChI is InChI=1S/C25H18Cl3NO5/c1-12-9-16(24(34-2)18(28)10-12)22(31)20-21(13-3-8-19(30)17(27)11-13)29(25(33)23(20)32)15-6-4-14(26)5-7-15/h3-11,21,30-31H,1-2H3/b22-20+. The van der Waals surface area contributed by atoms with E-state index >= 15 is 0 Å². The number of hydrogen-bond acceptors (Lipinski definition) is 5. The molecule has 0 spiro atoms. The van der Waals surface area contributed by atoms with E-state index < -0.39 is 23.5 Å². The second-order valence-electron chi connectivity index (χ2n) is 7.68. The Morgan fingerprint density at radius 1 is 0.971 bits per heavy atom. The van der Waals surface area contributed by atoms with Gasteiger partial charge in [-0.25, -0.2) is 0 Å². The molecule has 9 heteroatoms. The van der Waals surface area contributed by atoms with Gasteiger partial charge in [0.15, 0.2) is 0 Å². The van der Waals surface area contributed by atoms with E-state index in [2.05, 4.69) is 0 Å². The lowest BCUT2D eigenvalue weighted by molar-refractivity contribution is -0.132. The lowest BCUT2D eigenvalue weighted by Gasteiger charge is -2.26. The molecule has 0 aromatic heterocycles. The van der Waals surface area contributed by atoms with E-state index in [-0.39, 0.29) is 32.7 Å². The van der Waals surface area contributed by atoms with Crippen LogP contribution in [0.15, 0.2) is 60.2 Å². The number of aryl methyl sites for hydroxylation is 1. The molecule has 1 amide bonds. The highest BCUT2D eigenvalue weighted by atomic mass is 35.5. The SMILES string of the molecule is COc1c(Cl)cc(C)cc1/C(O)=C1\C(=O)C(=O)N(c2ccc(Cl)cc2)C1c1ccc(O)c(Cl)c1. The molecule has 3 aromatic rings. The highest BCUT2D eigenvalue weighted by Gasteiger charge is 2.47. The Labute approximate surface area is 210 Å². The molecule has 0 bridgehead atoms. The summed E-state index contributed by atoms with van der Waals surface area (Å²) in [5.41, 5.74) is 1.48. The molecule has 1 aliphatic rings. The van der Waals surface area contributed by atoms with Gasteiger partial charge in [0.2, 0.25) is 0 Å². The van der Waals surface area contributed by atoms with Gasteiger partial charge in [-0.2, -0.15) is 0 Å². The fourth-order valence-electron chi connectivity index (χ4n) is 3.97. The largest absolute Gasteiger partial charge is 0.507 e. The molecule has 1 unspecified atom stereocenters. The summed E-state index contributed by atoms with van der Waals surface area (Å²) in [4.78, 5) is 27.8. The normalized spacial score (nSPS) is 17.3. The van der Waals surface area contributed by atoms with Crippen molar-refractivity contribution in [2.24, 2.45) is 0 Å². The van der Waals surface area contributed by atoms with Crippen molar-refractivity contribution in [2.75, 3.05) is 12.0 Å². The fourth-order valence-corrected chi connectivity index (χ4v) is 4.63. The van der Waals surface area contributed by atoms with Gasteiger partial charge in [-0.15, -0.1) is 0 Å². The van der Waals surface area contributed by atoms with Crippen LogP contribution in [0.5, 0.6) is 11.5 Å². The van der Waals surface area contributed by atoms with E-state index in [0.717, 1.165) is 0 Å². The number of rotatable bonds is 4. The maximum absolute atomic E-state index is 13.3. The van der Waals surface area contributed by atoms with Crippen molar-refractivity contribution in [2.45, 2.75) is 13.0 Å². The van der Waals surface area contributed by atoms with Crippen molar-refractivity contribution in [3.05, 3.63) is 91.9 Å². The van der Waals surface area contributed by atoms with Gasteiger partial charge in [-0.3, -0.25) is 14.5 Å². The first-order valence-electron chi connectivity index (χ1n) is 10.0. The van der Waals surface area contributed by atoms with E-state index in [1.54, 1.807) is 43.3 Å². The maximum Gasteiger partial charge on any atom is 0.300 e. The average molecular weight is 519 g/mol. The number of halogens is 3. The summed E-state index contributed by atoms with van der Waals surface area (Å²) in [5, 5.41) is 22.0. The van der Waals surface area contributed by atoms with Gasteiger partial charge in [0.1, 0.15) is 17.3 Å². The van der Waals surface area contributed by atoms with Crippen molar-refractivity contribution in [1.29, 1.82) is 0 Å². The van der Waals surface area contributed by atoms with E-state index in [0.29, 0.717) is 21.8 Å². The molecule has 1 fully saturated rings. The highest BCUT2D eigenvalue weighted by molar-refractivity contribution is 6.52. The molecule has 3 aromatic carbocycles. The van der Waals surface area contributed by atoms with E-state index in [1.807, 2.05) is 0 Å². The molecule has 0 radical (unpaired) electrons. The van der Waals surface area contributed by atoms with E-state index in [4.69, 9.17) is 39.5 Å². The number of Topliss-reactive ketones (excluding diaryl/α,β-unsaturated/α-hetero) is 1. The first-order valence-corrected chi connectivity index (χ1v) is 11.2. The number of aliphatic hydroxyl groups excluding tert-OH is 1. The molecule has 4 rings (SSSR count). The Hall–Kier alpha value is -3.19. The van der Waals surface area contributed by atoms with Gasteiger partial charge in [-0.05, 0) is 66.6 Å². The molecule has 174 valence electrons. The number of aliphatic hydroxyl groups is 1. The fraction of sp³-hybridized carbons (Fsp3) is 0.120. The summed E-state index contributed by atoms with van der Waals surface area (Å²) in [7, 11) is 1.39. The van der Waals surface area contributed by atoms with Gasteiger partial charge in [-0.1, -0.05) is 40.9 Å². The topological polar surface area (TPSA) is 87.1 Å². The third kappa shape index (κ3) is 4.09. The third-order valence-electron chi connectivity index (χ3n) is 5.48. The lowest BCUT2D eigenvalue weighted by Crippen LogP contribution is -2.29. The van der Waals surface area contributed by atoms with Gasteiger partial charge in [0.25, 0.3) is 11.7 Å². The van der Waals surface area contributed by atoms with Crippen LogP contribution in [-0.4, -0.2) is 29.0 Å². The number of anilines is 1. The number of hydrogen-bond donors (Lipinski definition) is 2. The van der Waals surface area contributed by atoms with E-state index in [9.17, 15) is 19.8 Å². The summed E-state index contributed by atoms with van der Waals surface area (Å²) >= 11 is 18.4. The number of phenolic OH excluding ortho intramolecular Hbond substituents is 1. The van der Waals surface area contributed by atoms with Crippen LogP contribution in [-0.2, 0) is 9.59 Å². The molecule has 1 heterocycles. The minimum absolute atomic E-state index is 0.0235. The predicted molar refractivity (Wildman–Crippen MR) is 132 cm³/mol. The number of carbonyl (C=O) groups excluding carboxylic acids is 2. The maximum atomic E-state index is 13.3. The molecule has 1 atom stereocenters. The number of ether oxygens (including phenoxy) is 1. The molecular formula is C25H18Cl3NO5. The summed E-state index contributed by atoms with van der Waals surface area (Å²) in [6, 6.07) is 12.9. The van der Waals surface area contributed by atoms with Crippen molar-refractivity contribution in [3.63, 3.8) is 0 Å². The van der Waals surface area contributed by atoms with Crippen molar-refractivity contribution in [3.8, 4) is 11.5 Å². The first-order chi connectivity index (χ1) is 16.1. The zero-order valence-electron chi connectivity index (χ0n) is 18.0. The Balaban J connectivity index is 2.02. The Bertz CT molecular complexity index is 1350. The first kappa shape index (κ1) is 24.0. The molecule has 1 saturated heterocycles. The minimum Gasteiger partial charge on any atom is -0.507 e. The number of nitrogens with zero attached hydrogens (tertiary/aromatic N) is 1. The van der Waals surface area contributed by atoms with Gasteiger partial charge in [0, 0.05) is 10.7 Å². The van der Waals surface area contributed by atoms with Crippen LogP contribution < -0.4 is 9.64 Å². The molecule has 6 nitrogen and oxygen atoms in total. The average Bonchev–Trinajstić information content (AvgIpc) is 3.06. The molecule has 0 saturated carbocycles. The molecule has 34 heavy (non-hydrogen) atoms. The van der Waals surface area contributed by atoms with Crippen LogP contribution in [0.25, 0.3) is 5.76 Å². The predicted octanol–water partition coefficient (Wildman–Crippen LogP) is 6.30. The molecule has 2 N–H and O–H groups in total. The second-order valence-corrected chi connectivity index (χ2v) is 8.93. The summed E-state index contributed by atoms with van der Waals surface area (Å²) in [6.07, 6.45) is 0. The van der Waals surface area contributed by atoms with Crippen LogP contribution >= 0.6 is 34.8 Å². The Kier molecular flexibility index (Phi) is 6.49. The summed E-state index contributed by atoms with van der Waals surface area (Å²) < 4.78 is 5.37. The quantitative estimate of drug-likeness (QED) is 0.241. The Morgan fingerprint density at radius 3 is 2.26 bits per heavy atom. The van der Waals surface area contributed by atoms with Gasteiger partial charge >= 0.3 is 0 Å². The van der Waals surface area contributed by atoms with Crippen molar-refractivity contribution < 1.29 is 24.5 Å². The van der Waals surface area contributed by atoms with Crippen LogP contribution in [0.1, 0.15) is 22.7 Å². The Morgan fingerprint density at radius 2 is 1.65 bits per heavy atom. The number of ketones is 1. The number of carbonyl (C=O) groups is 2. The van der Waals surface area contributed by atoms with Crippen LogP contribution in [0, 0.1) is 6.92 Å². The second kappa shape index (κ2) is 9.22. The number of benzene rings is 3. The van der Waals surface area contributed by atoms with Crippen LogP contribution in [0.3, 0.4) is 0 Å². The minimum atomic E-state index is -1.05. The lowest BCUT2D eigenvalue weighted by atomic mass is 9.94. The number of phenols is 1. The van der Waals surface area contributed by atoms with Crippen molar-refractivity contribution >= 4 is 57.9 Å². The number of amides is 1. The molecular weight excluding hydrogens is 501 g/mol. The van der Waals surface area contributed by atoms with Gasteiger partial charge in [0.05, 0.1) is 34.3 Å². The van der Waals surface area contributed by atoms with Gasteiger partial charge < -0.3 is 14.9 Å². The number of methoxy groups -OCH3 is 1. The highest BCUT2D eigenvalue weighted by Crippen LogP contribution is 2.45. The zero-order valence-corrected chi connectivity index (χ0v) is 20.2. The van der Waals surface area contributed by atoms with Crippen LogP contribution in [0.4, 0.5) is 5.69 Å². The smallest absolute Gasteiger partial charge is 0.300 e. The summed E-state index contributed by atoms with van der Waals surface area (Å²) in [6.45, 7) is 1.77. The number of aromatic hydroxyl groups is 1. The third-order valence-corrected chi connectivity index (χ3v) is 6.32. The van der Waals surface area contributed by atoms with Crippen molar-refractivity contribution in [1.82, 2.24) is 0 Å². The zero-order chi connectivity index (χ0) is 24.7. The van der Waals surface area contributed by atoms with Crippen LogP contribution in [0.2, 0.25) is 15.1 Å². The molecule has 1 aliphatic heterocycles. The van der Waals surface area contributed by atoms with E-state index in [1.165, 1.54) is 30.2 Å². The molecule has 0 aliphatic carbocycles.